The monoisotopic (exact) mass is 438 g/mol. The number of hydrogen-bond acceptors (Lipinski definition) is 4. The molecule has 7 heteroatoms. The third-order valence-corrected chi connectivity index (χ3v) is 5.08. The van der Waals surface area contributed by atoms with Crippen molar-refractivity contribution in [1.82, 2.24) is 5.32 Å². The van der Waals surface area contributed by atoms with E-state index in [0.29, 0.717) is 28.4 Å². The van der Waals surface area contributed by atoms with Crippen LogP contribution in [0.4, 0.5) is 5.69 Å². The highest BCUT2D eigenvalue weighted by Crippen LogP contribution is 2.35. The number of amides is 2. The molecular formula is C24H23ClN2O4. The summed E-state index contributed by atoms with van der Waals surface area (Å²) in [5.41, 5.74) is 1.84. The fraction of sp³-hybridized carbons (Fsp3) is 0.167. The highest BCUT2D eigenvalue weighted by atomic mass is 35.5. The van der Waals surface area contributed by atoms with Gasteiger partial charge in [0.05, 0.1) is 18.8 Å². The number of halogens is 1. The molecule has 2 unspecified atom stereocenters. The second-order valence-corrected chi connectivity index (χ2v) is 7.27. The van der Waals surface area contributed by atoms with E-state index >= 15 is 0 Å². The number of rotatable bonds is 9. The van der Waals surface area contributed by atoms with Gasteiger partial charge >= 0.3 is 0 Å². The topological polar surface area (TPSA) is 78.9 Å². The molecule has 0 saturated carbocycles. The summed E-state index contributed by atoms with van der Waals surface area (Å²) in [5.74, 6) is -0.169. The first-order valence-corrected chi connectivity index (χ1v) is 10.0. The molecule has 3 aromatic rings. The van der Waals surface area contributed by atoms with E-state index in [4.69, 9.17) is 16.3 Å². The van der Waals surface area contributed by atoms with Gasteiger partial charge in [-0.2, -0.15) is 0 Å². The van der Waals surface area contributed by atoms with Crippen molar-refractivity contribution in [3.05, 3.63) is 95.0 Å². The second-order valence-electron chi connectivity index (χ2n) is 6.83. The van der Waals surface area contributed by atoms with Crippen molar-refractivity contribution in [3.63, 3.8) is 0 Å². The Labute approximate surface area is 186 Å². The number of hydrogen-bond donors (Lipinski definition) is 2. The highest BCUT2D eigenvalue weighted by Gasteiger charge is 2.34. The molecule has 0 saturated heterocycles. The van der Waals surface area contributed by atoms with Gasteiger partial charge in [0.1, 0.15) is 5.75 Å². The highest BCUT2D eigenvalue weighted by molar-refractivity contribution is 6.30. The van der Waals surface area contributed by atoms with Crippen LogP contribution in [0.15, 0.2) is 78.9 Å². The molecule has 3 aromatic carbocycles. The molecule has 0 aromatic heterocycles. The molecular weight excluding hydrogens is 416 g/mol. The summed E-state index contributed by atoms with van der Waals surface area (Å²) in [6.45, 7) is 0.188. The van der Waals surface area contributed by atoms with E-state index in [1.54, 1.807) is 66.7 Å². The average Bonchev–Trinajstić information content (AvgIpc) is 2.81. The van der Waals surface area contributed by atoms with E-state index in [1.165, 1.54) is 12.0 Å². The molecule has 6 nitrogen and oxygen atoms in total. The Balaban J connectivity index is 1.91. The lowest BCUT2D eigenvalue weighted by molar-refractivity contribution is -0.130. The summed E-state index contributed by atoms with van der Waals surface area (Å²) in [6.07, 6.45) is -0.945. The number of ether oxygens (including phenoxy) is 1. The van der Waals surface area contributed by atoms with Gasteiger partial charge in [-0.25, -0.2) is 0 Å². The van der Waals surface area contributed by atoms with E-state index in [9.17, 15) is 14.7 Å². The maximum atomic E-state index is 12.9. The summed E-state index contributed by atoms with van der Waals surface area (Å²) in [6, 6.07) is 21.9. The van der Waals surface area contributed by atoms with Crippen LogP contribution in [0, 0.1) is 0 Å². The predicted octanol–water partition coefficient (Wildman–Crippen LogP) is 3.73. The molecule has 2 atom stereocenters. The minimum atomic E-state index is -1.53. The number of benzene rings is 3. The average molecular weight is 439 g/mol. The zero-order valence-corrected chi connectivity index (χ0v) is 17.7. The van der Waals surface area contributed by atoms with Crippen molar-refractivity contribution in [2.75, 3.05) is 12.0 Å². The smallest absolute Gasteiger partial charge is 0.251 e. The standard InChI is InChI=1S/C24H23ClN2O4/c1-31-21-13-6-5-12-20(21)27(16-28)22(18-9-3-2-4-10-18)23(29)24(30)26-15-17-8-7-11-19(25)14-17/h2-14,16,22-23,29H,15H2,1H3,(H,26,30). The Morgan fingerprint density at radius 2 is 1.81 bits per heavy atom. The molecule has 3 rings (SSSR count). The molecule has 2 amide bonds. The van der Waals surface area contributed by atoms with Crippen LogP contribution in [0.3, 0.4) is 0 Å². The van der Waals surface area contributed by atoms with Crippen LogP contribution in [0.1, 0.15) is 17.2 Å². The summed E-state index contributed by atoms with van der Waals surface area (Å²) in [7, 11) is 1.49. The maximum absolute atomic E-state index is 12.9. The number of carbonyl (C=O) groups is 2. The molecule has 0 aliphatic carbocycles. The number of carbonyl (C=O) groups excluding carboxylic acids is 2. The Morgan fingerprint density at radius 1 is 1.10 bits per heavy atom. The van der Waals surface area contributed by atoms with Gasteiger partial charge in [-0.05, 0) is 35.4 Å². The molecule has 0 fully saturated rings. The van der Waals surface area contributed by atoms with Crippen molar-refractivity contribution in [2.45, 2.75) is 18.7 Å². The lowest BCUT2D eigenvalue weighted by Crippen LogP contribution is -2.45. The van der Waals surface area contributed by atoms with E-state index in [1.807, 2.05) is 12.1 Å². The van der Waals surface area contributed by atoms with Crippen molar-refractivity contribution in [1.29, 1.82) is 0 Å². The van der Waals surface area contributed by atoms with Crippen LogP contribution >= 0.6 is 11.6 Å². The largest absolute Gasteiger partial charge is 0.495 e. The number of methoxy groups -OCH3 is 1. The molecule has 31 heavy (non-hydrogen) atoms. The molecule has 2 N–H and O–H groups in total. The number of nitrogens with zero attached hydrogens (tertiary/aromatic N) is 1. The van der Waals surface area contributed by atoms with E-state index in [0.717, 1.165) is 5.56 Å². The Bertz CT molecular complexity index is 1030. The van der Waals surface area contributed by atoms with Crippen LogP contribution in [-0.4, -0.2) is 30.6 Å². The third-order valence-electron chi connectivity index (χ3n) is 4.84. The minimum absolute atomic E-state index is 0.188. The van der Waals surface area contributed by atoms with Gasteiger partial charge < -0.3 is 20.1 Å². The van der Waals surface area contributed by atoms with Gasteiger partial charge in [0.2, 0.25) is 6.41 Å². The fourth-order valence-electron chi connectivity index (χ4n) is 3.34. The van der Waals surface area contributed by atoms with Crippen LogP contribution in [0.5, 0.6) is 5.75 Å². The Hall–Kier alpha value is -3.35. The summed E-state index contributed by atoms with van der Waals surface area (Å²) in [4.78, 5) is 26.3. The zero-order chi connectivity index (χ0) is 22.2. The number of nitrogens with one attached hydrogen (secondary N) is 1. The molecule has 160 valence electrons. The number of aliphatic hydroxyl groups is 1. The first-order valence-electron chi connectivity index (χ1n) is 9.67. The van der Waals surface area contributed by atoms with Gasteiger partial charge in [-0.1, -0.05) is 66.2 Å². The lowest BCUT2D eigenvalue weighted by atomic mass is 9.98. The molecule has 0 radical (unpaired) electrons. The van der Waals surface area contributed by atoms with Gasteiger partial charge in [0.25, 0.3) is 5.91 Å². The van der Waals surface area contributed by atoms with Crippen molar-refractivity contribution in [3.8, 4) is 5.75 Å². The molecule has 0 spiro atoms. The van der Waals surface area contributed by atoms with E-state index in [-0.39, 0.29) is 6.54 Å². The number of aliphatic hydroxyl groups excluding tert-OH is 1. The molecule has 0 aliphatic heterocycles. The summed E-state index contributed by atoms with van der Waals surface area (Å²) in [5, 5.41) is 14.3. The van der Waals surface area contributed by atoms with Crippen LogP contribution in [0.25, 0.3) is 0 Å². The minimum Gasteiger partial charge on any atom is -0.495 e. The summed E-state index contributed by atoms with van der Waals surface area (Å²) >= 11 is 5.99. The first kappa shape index (κ1) is 22.3. The zero-order valence-electron chi connectivity index (χ0n) is 16.9. The Kier molecular flexibility index (Phi) is 7.65. The summed E-state index contributed by atoms with van der Waals surface area (Å²) < 4.78 is 5.38. The molecule has 0 heterocycles. The van der Waals surface area contributed by atoms with Crippen LogP contribution in [0.2, 0.25) is 5.02 Å². The third kappa shape index (κ3) is 5.42. The molecule has 0 bridgehead atoms. The maximum Gasteiger partial charge on any atom is 0.251 e. The fourth-order valence-corrected chi connectivity index (χ4v) is 3.56. The first-order chi connectivity index (χ1) is 15.0. The quantitative estimate of drug-likeness (QED) is 0.499. The van der Waals surface area contributed by atoms with Crippen molar-refractivity contribution in [2.24, 2.45) is 0 Å². The number of anilines is 1. The van der Waals surface area contributed by atoms with Crippen LogP contribution < -0.4 is 15.0 Å². The Morgan fingerprint density at radius 3 is 2.48 bits per heavy atom. The van der Waals surface area contributed by atoms with Crippen LogP contribution in [-0.2, 0) is 16.1 Å². The van der Waals surface area contributed by atoms with Gasteiger partial charge in [0.15, 0.2) is 6.10 Å². The van der Waals surface area contributed by atoms with Gasteiger partial charge in [-0.3, -0.25) is 9.59 Å². The van der Waals surface area contributed by atoms with E-state index < -0.39 is 18.1 Å². The lowest BCUT2D eigenvalue weighted by Gasteiger charge is -2.32. The van der Waals surface area contributed by atoms with Gasteiger partial charge in [-0.15, -0.1) is 0 Å². The van der Waals surface area contributed by atoms with E-state index in [2.05, 4.69) is 5.32 Å². The molecule has 0 aliphatic rings. The number of para-hydroxylation sites is 2. The second kappa shape index (κ2) is 10.6. The SMILES string of the molecule is COc1ccccc1N(C=O)C(c1ccccc1)C(O)C(=O)NCc1cccc(Cl)c1. The predicted molar refractivity (Wildman–Crippen MR) is 120 cm³/mol. The van der Waals surface area contributed by atoms with Gasteiger partial charge in [0, 0.05) is 11.6 Å². The normalized spacial score (nSPS) is 12.5. The van der Waals surface area contributed by atoms with Crippen molar-refractivity contribution < 1.29 is 19.4 Å². The van der Waals surface area contributed by atoms with Crippen molar-refractivity contribution >= 4 is 29.6 Å².